The molecule has 11 heteroatoms. The summed E-state index contributed by atoms with van der Waals surface area (Å²) in [6.45, 7) is 4.06. The molecule has 8 nitrogen and oxygen atoms in total. The van der Waals surface area contributed by atoms with Crippen LogP contribution in [-0.4, -0.2) is 52.1 Å². The molecule has 4 aliphatic carbocycles. The molecule has 0 unspecified atom stereocenters. The van der Waals surface area contributed by atoms with Gasteiger partial charge in [0, 0.05) is 23.8 Å². The monoisotopic (exact) mass is 569 g/mol. The van der Waals surface area contributed by atoms with E-state index in [9.17, 15) is 27.9 Å². The number of nitrogens with one attached hydrogen (secondary N) is 2. The molecule has 1 aromatic carbocycles. The second kappa shape index (κ2) is 9.14. The summed E-state index contributed by atoms with van der Waals surface area (Å²) in [5.74, 6) is -2.10. The number of carboxylic acids is 1. The van der Waals surface area contributed by atoms with Crippen LogP contribution in [0.2, 0.25) is 0 Å². The first-order valence-corrected chi connectivity index (χ1v) is 14.6. The molecule has 4 saturated carbocycles. The van der Waals surface area contributed by atoms with E-state index >= 15 is 0 Å². The number of alkyl halides is 3. The van der Waals surface area contributed by atoms with E-state index in [4.69, 9.17) is 0 Å². The Hall–Kier alpha value is -3.21. The van der Waals surface area contributed by atoms with Gasteiger partial charge in [-0.3, -0.25) is 4.79 Å². The Morgan fingerprint density at radius 1 is 1.07 bits per heavy atom. The predicted molar refractivity (Wildman–Crippen MR) is 144 cm³/mol. The number of halogens is 3. The number of aromatic nitrogens is 2. The number of nitrogens with zero attached hydrogens (tertiary/aromatic N) is 3. The number of anilines is 2. The van der Waals surface area contributed by atoms with Crippen LogP contribution in [0.4, 0.5) is 24.8 Å². The molecule has 1 spiro atoms. The van der Waals surface area contributed by atoms with Gasteiger partial charge in [-0.2, -0.15) is 13.2 Å². The maximum absolute atomic E-state index is 14.5. The first kappa shape index (κ1) is 26.7. The van der Waals surface area contributed by atoms with Crippen LogP contribution in [0.25, 0.3) is 0 Å². The van der Waals surface area contributed by atoms with Gasteiger partial charge in [0.1, 0.15) is 5.54 Å². The largest absolute Gasteiger partial charge is 0.479 e. The third-order valence-corrected chi connectivity index (χ3v) is 10.7. The molecule has 1 saturated heterocycles. The van der Waals surface area contributed by atoms with E-state index in [0.717, 1.165) is 55.4 Å². The van der Waals surface area contributed by atoms with Crippen molar-refractivity contribution in [3.63, 3.8) is 0 Å². The van der Waals surface area contributed by atoms with Crippen molar-refractivity contribution < 1.29 is 27.9 Å². The third kappa shape index (κ3) is 4.06. The summed E-state index contributed by atoms with van der Waals surface area (Å²) in [7, 11) is 0. The smallest absolute Gasteiger partial charge is 0.434 e. The number of rotatable bonds is 4. The van der Waals surface area contributed by atoms with Crippen molar-refractivity contribution in [2.24, 2.45) is 23.7 Å². The third-order valence-electron chi connectivity index (χ3n) is 10.7. The zero-order valence-electron chi connectivity index (χ0n) is 22.9. The Balaban J connectivity index is 1.25. The van der Waals surface area contributed by atoms with E-state index in [0.29, 0.717) is 44.1 Å². The van der Waals surface area contributed by atoms with Crippen LogP contribution in [0.5, 0.6) is 0 Å². The van der Waals surface area contributed by atoms with Crippen LogP contribution < -0.4 is 15.5 Å². The number of carbonyl (C=O) groups is 2. The molecule has 8 rings (SSSR count). The van der Waals surface area contributed by atoms with Crippen LogP contribution in [0, 0.1) is 30.6 Å². The molecule has 4 bridgehead atoms. The molecule has 2 aliphatic heterocycles. The Kier molecular flexibility index (Phi) is 5.95. The molecule has 3 heterocycles. The molecule has 2 aromatic rings. The van der Waals surface area contributed by atoms with Crippen LogP contribution in [0.15, 0.2) is 24.4 Å². The average molecular weight is 570 g/mol. The Bertz CT molecular complexity index is 1390. The van der Waals surface area contributed by atoms with E-state index in [1.165, 1.54) is 0 Å². The number of benzene rings is 1. The fourth-order valence-electron chi connectivity index (χ4n) is 8.97. The predicted octanol–water partition coefficient (Wildman–Crippen LogP) is 4.59. The molecular weight excluding hydrogens is 535 g/mol. The van der Waals surface area contributed by atoms with Gasteiger partial charge < -0.3 is 20.6 Å². The lowest BCUT2D eigenvalue weighted by molar-refractivity contribution is -0.163. The lowest BCUT2D eigenvalue weighted by Crippen LogP contribution is -2.70. The second-order valence-electron chi connectivity index (χ2n) is 13.0. The Morgan fingerprint density at radius 3 is 2.34 bits per heavy atom. The number of piperidine rings is 1. The molecule has 0 atom stereocenters. The molecule has 218 valence electrons. The highest BCUT2D eigenvalue weighted by molar-refractivity contribution is 5.99. The summed E-state index contributed by atoms with van der Waals surface area (Å²) in [6, 6.07) is 5.93. The standard InChI is InChI=1S/C30H34F3N5O3/c1-16-2-3-23-22(8-16)28(4-6-34-7-5-28)15-38(23)27-35-14-21(24(36-27)30(31,32)33)25(39)37-29(26(40)41)19-10-17-9-18(12-19)13-20(29)11-17/h2-3,8,14,17-20,34H,4-7,9-13,15H2,1H3,(H,37,39)(H,40,41). The van der Waals surface area contributed by atoms with Crippen molar-refractivity contribution in [1.29, 1.82) is 0 Å². The summed E-state index contributed by atoms with van der Waals surface area (Å²) in [5.41, 5.74) is -0.939. The normalized spacial score (nSPS) is 31.4. The van der Waals surface area contributed by atoms with E-state index in [-0.39, 0.29) is 23.2 Å². The molecule has 1 amide bonds. The zero-order chi connectivity index (χ0) is 28.7. The lowest BCUT2D eigenvalue weighted by atomic mass is 9.48. The fourth-order valence-corrected chi connectivity index (χ4v) is 8.97. The molecule has 6 aliphatic rings. The van der Waals surface area contributed by atoms with Crippen molar-refractivity contribution in [3.8, 4) is 0 Å². The van der Waals surface area contributed by atoms with E-state index in [1.54, 1.807) is 4.90 Å². The number of aliphatic carboxylic acids is 1. The van der Waals surface area contributed by atoms with Crippen LogP contribution in [-0.2, 0) is 16.4 Å². The van der Waals surface area contributed by atoms with Crippen molar-refractivity contribution in [2.75, 3.05) is 24.5 Å². The minimum atomic E-state index is -4.94. The Labute approximate surface area is 236 Å². The number of aryl methyl sites for hydroxylation is 1. The maximum Gasteiger partial charge on any atom is 0.434 e. The number of hydrogen-bond donors (Lipinski definition) is 3. The summed E-state index contributed by atoms with van der Waals surface area (Å²) >= 11 is 0. The quantitative estimate of drug-likeness (QED) is 0.495. The minimum Gasteiger partial charge on any atom is -0.479 e. The van der Waals surface area contributed by atoms with Gasteiger partial charge in [-0.1, -0.05) is 17.7 Å². The molecule has 0 radical (unpaired) electrons. The van der Waals surface area contributed by atoms with Crippen molar-refractivity contribution in [2.45, 2.75) is 69.0 Å². The number of carbonyl (C=O) groups excluding carboxylic acids is 1. The highest BCUT2D eigenvalue weighted by Gasteiger charge is 2.62. The van der Waals surface area contributed by atoms with Gasteiger partial charge in [-0.05, 0) is 100 Å². The zero-order valence-corrected chi connectivity index (χ0v) is 22.9. The van der Waals surface area contributed by atoms with E-state index in [2.05, 4.69) is 26.7 Å². The molecule has 5 fully saturated rings. The van der Waals surface area contributed by atoms with Gasteiger partial charge in [0.05, 0.1) is 5.56 Å². The Morgan fingerprint density at radius 2 is 1.73 bits per heavy atom. The SMILES string of the molecule is Cc1ccc2c(c1)C1(CCNCC1)CN2c1ncc(C(=O)NC2(C(=O)O)C3CC4CC(C3)CC2C4)c(C(F)(F)F)n1. The highest BCUT2D eigenvalue weighted by Crippen LogP contribution is 2.58. The van der Waals surface area contributed by atoms with Crippen molar-refractivity contribution in [1.82, 2.24) is 20.6 Å². The molecule has 41 heavy (non-hydrogen) atoms. The summed E-state index contributed by atoms with van der Waals surface area (Å²) in [4.78, 5) is 36.2. The minimum absolute atomic E-state index is 0.114. The van der Waals surface area contributed by atoms with Crippen molar-refractivity contribution in [3.05, 3.63) is 46.8 Å². The van der Waals surface area contributed by atoms with Gasteiger partial charge in [-0.25, -0.2) is 14.8 Å². The molecular formula is C30H34F3N5O3. The van der Waals surface area contributed by atoms with E-state index in [1.807, 2.05) is 19.1 Å². The molecule has 3 N–H and O–H groups in total. The maximum atomic E-state index is 14.5. The van der Waals surface area contributed by atoms with Crippen LogP contribution in [0.3, 0.4) is 0 Å². The number of amides is 1. The van der Waals surface area contributed by atoms with Gasteiger partial charge >= 0.3 is 12.1 Å². The summed E-state index contributed by atoms with van der Waals surface area (Å²) < 4.78 is 43.4. The van der Waals surface area contributed by atoms with Gasteiger partial charge in [0.25, 0.3) is 5.91 Å². The summed E-state index contributed by atoms with van der Waals surface area (Å²) in [6.07, 6.45) is 1.43. The fraction of sp³-hybridized carbons (Fsp3) is 0.600. The van der Waals surface area contributed by atoms with Gasteiger partial charge in [0.15, 0.2) is 5.69 Å². The average Bonchev–Trinajstić information content (AvgIpc) is 3.22. The topological polar surface area (TPSA) is 107 Å². The second-order valence-corrected chi connectivity index (χ2v) is 13.0. The number of fused-ring (bicyclic) bond motifs is 2. The first-order valence-electron chi connectivity index (χ1n) is 14.6. The molecule has 1 aromatic heterocycles. The lowest BCUT2D eigenvalue weighted by Gasteiger charge is -2.59. The number of hydrogen-bond acceptors (Lipinski definition) is 6. The van der Waals surface area contributed by atoms with E-state index < -0.39 is 34.8 Å². The number of carboxylic acid groups (broad SMARTS) is 1. The summed E-state index contributed by atoms with van der Waals surface area (Å²) in [5, 5.41) is 16.3. The van der Waals surface area contributed by atoms with Crippen molar-refractivity contribution >= 4 is 23.5 Å². The van der Waals surface area contributed by atoms with Crippen LogP contribution >= 0.6 is 0 Å². The van der Waals surface area contributed by atoms with Gasteiger partial charge in [-0.15, -0.1) is 0 Å². The van der Waals surface area contributed by atoms with Gasteiger partial charge in [0.2, 0.25) is 5.95 Å². The first-order chi connectivity index (χ1) is 19.5. The highest BCUT2D eigenvalue weighted by atomic mass is 19.4. The van der Waals surface area contributed by atoms with Crippen LogP contribution in [0.1, 0.15) is 72.1 Å².